The SMILES string of the molecule is NC(=O)C1CCN(c2ccccc2NC(=O)CC(c2ccccc2)c2ccccc2)CC1. The molecule has 0 aliphatic carbocycles. The van der Waals surface area contributed by atoms with E-state index in [2.05, 4.69) is 34.5 Å². The van der Waals surface area contributed by atoms with Crippen molar-refractivity contribution < 1.29 is 9.59 Å². The number of piperidine rings is 1. The molecule has 3 aromatic rings. The van der Waals surface area contributed by atoms with E-state index in [9.17, 15) is 9.59 Å². The van der Waals surface area contributed by atoms with Crippen LogP contribution < -0.4 is 16.0 Å². The van der Waals surface area contributed by atoms with Crippen LogP contribution in [0.2, 0.25) is 0 Å². The number of carbonyl (C=O) groups excluding carboxylic acids is 2. The molecule has 3 N–H and O–H groups in total. The second-order valence-electron chi connectivity index (χ2n) is 8.31. The standard InChI is InChI=1S/C27H29N3O2/c28-27(32)22-15-17-30(18-16-22)25-14-8-7-13-24(25)29-26(31)19-23(20-9-3-1-4-10-20)21-11-5-2-6-12-21/h1-14,22-23H,15-19H2,(H2,28,32)(H,29,31). The number of para-hydroxylation sites is 2. The molecule has 1 fully saturated rings. The number of carbonyl (C=O) groups is 2. The molecule has 1 saturated heterocycles. The van der Waals surface area contributed by atoms with E-state index < -0.39 is 0 Å². The second kappa shape index (κ2) is 10.1. The molecule has 0 saturated carbocycles. The predicted octanol–water partition coefficient (Wildman–Crippen LogP) is 4.55. The van der Waals surface area contributed by atoms with Crippen molar-refractivity contribution in [2.75, 3.05) is 23.3 Å². The summed E-state index contributed by atoms with van der Waals surface area (Å²) in [5, 5.41) is 3.14. The predicted molar refractivity (Wildman–Crippen MR) is 129 cm³/mol. The number of hydrogen-bond donors (Lipinski definition) is 2. The van der Waals surface area contributed by atoms with Gasteiger partial charge in [-0.1, -0.05) is 72.8 Å². The van der Waals surface area contributed by atoms with Crippen molar-refractivity contribution in [2.45, 2.75) is 25.2 Å². The molecule has 1 aliphatic rings. The Kier molecular flexibility index (Phi) is 6.85. The van der Waals surface area contributed by atoms with Crippen LogP contribution in [0.3, 0.4) is 0 Å². The Hall–Kier alpha value is -3.60. The van der Waals surface area contributed by atoms with Crippen LogP contribution in [0.15, 0.2) is 84.9 Å². The lowest BCUT2D eigenvalue weighted by molar-refractivity contribution is -0.122. The molecule has 164 valence electrons. The van der Waals surface area contributed by atoms with E-state index in [1.165, 1.54) is 0 Å². The number of nitrogens with one attached hydrogen (secondary N) is 1. The highest BCUT2D eigenvalue weighted by molar-refractivity contribution is 5.95. The number of nitrogens with two attached hydrogens (primary N) is 1. The molecule has 0 radical (unpaired) electrons. The summed E-state index contributed by atoms with van der Waals surface area (Å²) < 4.78 is 0. The Labute approximate surface area is 189 Å². The first-order valence-corrected chi connectivity index (χ1v) is 11.1. The summed E-state index contributed by atoms with van der Waals surface area (Å²) in [5.41, 5.74) is 9.50. The Morgan fingerprint density at radius 3 is 1.94 bits per heavy atom. The smallest absolute Gasteiger partial charge is 0.225 e. The summed E-state index contributed by atoms with van der Waals surface area (Å²) in [4.78, 5) is 26.9. The monoisotopic (exact) mass is 427 g/mol. The number of amides is 2. The molecule has 0 bridgehead atoms. The zero-order chi connectivity index (χ0) is 22.3. The van der Waals surface area contributed by atoms with E-state index in [1.807, 2.05) is 60.7 Å². The van der Waals surface area contributed by atoms with E-state index in [0.29, 0.717) is 6.42 Å². The summed E-state index contributed by atoms with van der Waals surface area (Å²) >= 11 is 0. The molecule has 0 atom stereocenters. The molecule has 5 heteroatoms. The number of primary amides is 1. The van der Waals surface area contributed by atoms with Gasteiger partial charge < -0.3 is 16.0 Å². The van der Waals surface area contributed by atoms with Gasteiger partial charge in [-0.15, -0.1) is 0 Å². The van der Waals surface area contributed by atoms with Gasteiger partial charge in [-0.05, 0) is 36.1 Å². The minimum Gasteiger partial charge on any atom is -0.370 e. The summed E-state index contributed by atoms with van der Waals surface area (Å²) in [6.45, 7) is 1.49. The first-order chi connectivity index (χ1) is 15.6. The number of anilines is 2. The van der Waals surface area contributed by atoms with Crippen LogP contribution >= 0.6 is 0 Å². The van der Waals surface area contributed by atoms with Gasteiger partial charge in [-0.3, -0.25) is 9.59 Å². The highest BCUT2D eigenvalue weighted by Crippen LogP contribution is 2.32. The maximum absolute atomic E-state index is 13.2. The van der Waals surface area contributed by atoms with E-state index in [4.69, 9.17) is 5.73 Å². The molecule has 0 aromatic heterocycles. The fraction of sp³-hybridized carbons (Fsp3) is 0.259. The molecular weight excluding hydrogens is 398 g/mol. The van der Waals surface area contributed by atoms with Crippen LogP contribution in [-0.2, 0) is 9.59 Å². The lowest BCUT2D eigenvalue weighted by atomic mass is 9.88. The van der Waals surface area contributed by atoms with Gasteiger partial charge in [0, 0.05) is 31.3 Å². The quantitative estimate of drug-likeness (QED) is 0.581. The summed E-state index contributed by atoms with van der Waals surface area (Å²) in [6.07, 6.45) is 1.83. The van der Waals surface area contributed by atoms with Gasteiger partial charge >= 0.3 is 0 Å². The van der Waals surface area contributed by atoms with Crippen molar-refractivity contribution in [1.82, 2.24) is 0 Å². The average Bonchev–Trinajstić information content (AvgIpc) is 2.84. The topological polar surface area (TPSA) is 75.4 Å². The molecule has 1 heterocycles. The van der Waals surface area contributed by atoms with Crippen LogP contribution in [0.4, 0.5) is 11.4 Å². The fourth-order valence-corrected chi connectivity index (χ4v) is 4.45. The van der Waals surface area contributed by atoms with Crippen LogP contribution in [0, 0.1) is 5.92 Å². The van der Waals surface area contributed by atoms with Crippen molar-refractivity contribution >= 4 is 23.2 Å². The third-order valence-electron chi connectivity index (χ3n) is 6.21. The summed E-state index contributed by atoms with van der Waals surface area (Å²) in [6, 6.07) is 28.2. The second-order valence-corrected chi connectivity index (χ2v) is 8.31. The van der Waals surface area contributed by atoms with Crippen LogP contribution in [0.1, 0.15) is 36.3 Å². The maximum Gasteiger partial charge on any atom is 0.225 e. The maximum atomic E-state index is 13.2. The molecule has 4 rings (SSSR count). The van der Waals surface area contributed by atoms with Crippen molar-refractivity contribution in [2.24, 2.45) is 11.7 Å². The van der Waals surface area contributed by atoms with Crippen LogP contribution in [0.5, 0.6) is 0 Å². The lowest BCUT2D eigenvalue weighted by Gasteiger charge is -2.33. The fourth-order valence-electron chi connectivity index (χ4n) is 4.45. The zero-order valence-corrected chi connectivity index (χ0v) is 18.1. The molecule has 2 amide bonds. The minimum atomic E-state index is -0.223. The normalized spacial score (nSPS) is 14.3. The van der Waals surface area contributed by atoms with Crippen LogP contribution in [0.25, 0.3) is 0 Å². The van der Waals surface area contributed by atoms with Crippen molar-refractivity contribution in [1.29, 1.82) is 0 Å². The highest BCUT2D eigenvalue weighted by atomic mass is 16.2. The number of hydrogen-bond acceptors (Lipinski definition) is 3. The van der Waals surface area contributed by atoms with Gasteiger partial charge in [0.1, 0.15) is 0 Å². The third kappa shape index (κ3) is 5.17. The zero-order valence-electron chi connectivity index (χ0n) is 18.1. The molecule has 3 aromatic carbocycles. The molecule has 5 nitrogen and oxygen atoms in total. The van der Waals surface area contributed by atoms with Crippen molar-refractivity contribution in [3.63, 3.8) is 0 Å². The largest absolute Gasteiger partial charge is 0.370 e. The highest BCUT2D eigenvalue weighted by Gasteiger charge is 2.25. The average molecular weight is 428 g/mol. The van der Waals surface area contributed by atoms with Gasteiger partial charge in [0.05, 0.1) is 11.4 Å². The van der Waals surface area contributed by atoms with E-state index >= 15 is 0 Å². The van der Waals surface area contributed by atoms with Gasteiger partial charge in [0.2, 0.25) is 11.8 Å². The molecular formula is C27H29N3O2. The molecule has 32 heavy (non-hydrogen) atoms. The number of rotatable bonds is 7. The Morgan fingerprint density at radius 1 is 0.844 bits per heavy atom. The van der Waals surface area contributed by atoms with Gasteiger partial charge in [-0.25, -0.2) is 0 Å². The summed E-state index contributed by atoms with van der Waals surface area (Å²) in [5.74, 6) is -0.331. The Morgan fingerprint density at radius 2 is 1.38 bits per heavy atom. The first-order valence-electron chi connectivity index (χ1n) is 11.1. The first kappa shape index (κ1) is 21.6. The Bertz CT molecular complexity index is 1010. The van der Waals surface area contributed by atoms with Crippen molar-refractivity contribution in [3.8, 4) is 0 Å². The minimum absolute atomic E-state index is 0.0177. The molecule has 0 unspecified atom stereocenters. The van der Waals surface area contributed by atoms with Gasteiger partial charge in [0.15, 0.2) is 0 Å². The van der Waals surface area contributed by atoms with E-state index in [0.717, 1.165) is 48.4 Å². The molecule has 1 aliphatic heterocycles. The van der Waals surface area contributed by atoms with Gasteiger partial charge in [-0.2, -0.15) is 0 Å². The number of nitrogens with zero attached hydrogens (tertiary/aromatic N) is 1. The molecule has 0 spiro atoms. The third-order valence-corrected chi connectivity index (χ3v) is 6.21. The van der Waals surface area contributed by atoms with E-state index in [1.54, 1.807) is 0 Å². The van der Waals surface area contributed by atoms with E-state index in [-0.39, 0.29) is 23.7 Å². The number of benzene rings is 3. The Balaban J connectivity index is 1.50. The van der Waals surface area contributed by atoms with Crippen molar-refractivity contribution in [3.05, 3.63) is 96.1 Å². The summed E-state index contributed by atoms with van der Waals surface area (Å²) in [7, 11) is 0. The van der Waals surface area contributed by atoms with Gasteiger partial charge in [0.25, 0.3) is 0 Å². The van der Waals surface area contributed by atoms with Crippen LogP contribution in [-0.4, -0.2) is 24.9 Å². The lowest BCUT2D eigenvalue weighted by Crippen LogP contribution is -2.38.